The minimum absolute atomic E-state index is 0.106. The molecule has 0 bridgehead atoms. The molecule has 3 aromatic rings. The van der Waals surface area contributed by atoms with Crippen LogP contribution in [-0.4, -0.2) is 28.5 Å². The summed E-state index contributed by atoms with van der Waals surface area (Å²) < 4.78 is 6.94. The Labute approximate surface area is 134 Å². The highest BCUT2D eigenvalue weighted by atomic mass is 16.5. The summed E-state index contributed by atoms with van der Waals surface area (Å²) in [6.07, 6.45) is 1.96. The van der Waals surface area contributed by atoms with Gasteiger partial charge in [0.25, 0.3) is 0 Å². The zero-order valence-corrected chi connectivity index (χ0v) is 13.2. The van der Waals surface area contributed by atoms with Crippen molar-refractivity contribution in [2.75, 3.05) is 18.5 Å². The fraction of sp³-hybridized carbons (Fsp3) is 0.222. The lowest BCUT2D eigenvalue weighted by Crippen LogP contribution is -2.17. The van der Waals surface area contributed by atoms with E-state index in [1.54, 1.807) is 6.92 Å². The lowest BCUT2D eigenvalue weighted by Gasteiger charge is -2.08. The first-order valence-electron chi connectivity index (χ1n) is 7.62. The van der Waals surface area contributed by atoms with Crippen LogP contribution in [0.5, 0.6) is 0 Å². The molecule has 2 heterocycles. The first-order chi connectivity index (χ1) is 11.2. The van der Waals surface area contributed by atoms with Crippen LogP contribution in [0.2, 0.25) is 0 Å². The monoisotopic (exact) mass is 309 g/mol. The molecular formula is C18H19N3O2. The van der Waals surface area contributed by atoms with Gasteiger partial charge in [0.15, 0.2) is 0 Å². The third-order valence-corrected chi connectivity index (χ3v) is 3.53. The van der Waals surface area contributed by atoms with Gasteiger partial charge in [-0.05, 0) is 31.5 Å². The molecule has 0 saturated carbocycles. The van der Waals surface area contributed by atoms with Crippen LogP contribution in [0.4, 0.5) is 5.82 Å². The molecule has 0 aliphatic heterocycles. The van der Waals surface area contributed by atoms with E-state index in [2.05, 4.69) is 5.32 Å². The number of hydrogen-bond donors (Lipinski definition) is 1. The zero-order chi connectivity index (χ0) is 16.2. The summed E-state index contributed by atoms with van der Waals surface area (Å²) in [7, 11) is 0. The SMILES string of the molecule is CCOC(=O)CNc1c(-c2ccccc2)nc2cc(C)ccn12. The van der Waals surface area contributed by atoms with Crippen LogP contribution < -0.4 is 5.32 Å². The number of esters is 1. The van der Waals surface area contributed by atoms with Crippen LogP contribution in [0.3, 0.4) is 0 Å². The molecule has 0 radical (unpaired) electrons. The van der Waals surface area contributed by atoms with Gasteiger partial charge in [-0.15, -0.1) is 0 Å². The summed E-state index contributed by atoms with van der Waals surface area (Å²) in [6, 6.07) is 13.9. The molecule has 0 saturated heterocycles. The minimum atomic E-state index is -0.284. The van der Waals surface area contributed by atoms with Crippen molar-refractivity contribution >= 4 is 17.4 Å². The number of nitrogens with zero attached hydrogens (tertiary/aromatic N) is 2. The van der Waals surface area contributed by atoms with Crippen LogP contribution in [0.25, 0.3) is 16.9 Å². The van der Waals surface area contributed by atoms with Crippen molar-refractivity contribution in [3.05, 3.63) is 54.2 Å². The molecular weight excluding hydrogens is 290 g/mol. The summed E-state index contributed by atoms with van der Waals surface area (Å²) in [5.74, 6) is 0.507. The van der Waals surface area contributed by atoms with Gasteiger partial charge < -0.3 is 10.1 Å². The molecule has 23 heavy (non-hydrogen) atoms. The number of anilines is 1. The largest absolute Gasteiger partial charge is 0.465 e. The lowest BCUT2D eigenvalue weighted by molar-refractivity contribution is -0.140. The number of carbonyl (C=O) groups excluding carboxylic acids is 1. The van der Waals surface area contributed by atoms with Crippen LogP contribution in [0, 0.1) is 6.92 Å². The summed E-state index contributed by atoms with van der Waals surface area (Å²) >= 11 is 0. The number of ether oxygens (including phenoxy) is 1. The maximum absolute atomic E-state index is 11.7. The fourth-order valence-corrected chi connectivity index (χ4v) is 2.48. The molecule has 118 valence electrons. The van der Waals surface area contributed by atoms with Gasteiger partial charge in [-0.1, -0.05) is 30.3 Å². The van der Waals surface area contributed by atoms with Crippen molar-refractivity contribution in [3.8, 4) is 11.3 Å². The number of benzene rings is 1. The van der Waals surface area contributed by atoms with Crippen LogP contribution in [0.15, 0.2) is 48.7 Å². The molecule has 2 aromatic heterocycles. The van der Waals surface area contributed by atoms with E-state index in [0.717, 1.165) is 28.3 Å². The van der Waals surface area contributed by atoms with E-state index in [4.69, 9.17) is 9.72 Å². The van der Waals surface area contributed by atoms with E-state index in [0.29, 0.717) is 6.61 Å². The normalized spacial score (nSPS) is 10.7. The van der Waals surface area contributed by atoms with Crippen molar-refractivity contribution < 1.29 is 9.53 Å². The number of fused-ring (bicyclic) bond motifs is 1. The molecule has 0 amide bonds. The number of pyridine rings is 1. The van der Waals surface area contributed by atoms with E-state index in [1.807, 2.05) is 60.0 Å². The Hall–Kier alpha value is -2.82. The van der Waals surface area contributed by atoms with E-state index in [1.165, 1.54) is 0 Å². The van der Waals surface area contributed by atoms with Gasteiger partial charge in [-0.3, -0.25) is 9.20 Å². The quantitative estimate of drug-likeness (QED) is 0.735. The fourth-order valence-electron chi connectivity index (χ4n) is 2.48. The molecule has 0 aliphatic rings. The van der Waals surface area contributed by atoms with Gasteiger partial charge in [0.05, 0.1) is 6.61 Å². The number of rotatable bonds is 5. The molecule has 0 aliphatic carbocycles. The van der Waals surface area contributed by atoms with Gasteiger partial charge in [0.1, 0.15) is 23.7 Å². The Balaban J connectivity index is 2.03. The number of imidazole rings is 1. The zero-order valence-electron chi connectivity index (χ0n) is 13.2. The first kappa shape index (κ1) is 15.1. The van der Waals surface area contributed by atoms with Gasteiger partial charge in [0.2, 0.25) is 0 Å². The second kappa shape index (κ2) is 6.52. The molecule has 5 nitrogen and oxygen atoms in total. The van der Waals surface area contributed by atoms with Crippen molar-refractivity contribution in [2.24, 2.45) is 0 Å². The van der Waals surface area contributed by atoms with Crippen molar-refractivity contribution in [2.45, 2.75) is 13.8 Å². The van der Waals surface area contributed by atoms with Gasteiger partial charge >= 0.3 is 5.97 Å². The van der Waals surface area contributed by atoms with Crippen LogP contribution in [-0.2, 0) is 9.53 Å². The maximum atomic E-state index is 11.7. The second-order valence-corrected chi connectivity index (χ2v) is 5.27. The van der Waals surface area contributed by atoms with E-state index >= 15 is 0 Å². The topological polar surface area (TPSA) is 55.6 Å². The number of hydrogen-bond acceptors (Lipinski definition) is 4. The average molecular weight is 309 g/mol. The Morgan fingerprint density at radius 3 is 2.78 bits per heavy atom. The van der Waals surface area contributed by atoms with Gasteiger partial charge in [-0.2, -0.15) is 0 Å². The molecule has 1 N–H and O–H groups in total. The molecule has 5 heteroatoms. The molecule has 3 rings (SSSR count). The van der Waals surface area contributed by atoms with Crippen LogP contribution >= 0.6 is 0 Å². The van der Waals surface area contributed by atoms with Gasteiger partial charge in [-0.25, -0.2) is 4.98 Å². The minimum Gasteiger partial charge on any atom is -0.465 e. The Morgan fingerprint density at radius 2 is 2.04 bits per heavy atom. The predicted molar refractivity (Wildman–Crippen MR) is 90.5 cm³/mol. The molecule has 0 spiro atoms. The van der Waals surface area contributed by atoms with Crippen molar-refractivity contribution in [1.82, 2.24) is 9.38 Å². The molecule has 1 aromatic carbocycles. The number of aryl methyl sites for hydroxylation is 1. The molecule has 0 fully saturated rings. The average Bonchev–Trinajstić information content (AvgIpc) is 2.91. The smallest absolute Gasteiger partial charge is 0.325 e. The number of carbonyl (C=O) groups is 1. The molecule has 0 atom stereocenters. The Kier molecular flexibility index (Phi) is 4.28. The van der Waals surface area contributed by atoms with Crippen molar-refractivity contribution in [1.29, 1.82) is 0 Å². The summed E-state index contributed by atoms with van der Waals surface area (Å²) in [5, 5.41) is 3.16. The van der Waals surface area contributed by atoms with Crippen molar-refractivity contribution in [3.63, 3.8) is 0 Å². The highest BCUT2D eigenvalue weighted by molar-refractivity contribution is 5.80. The first-order valence-corrected chi connectivity index (χ1v) is 7.62. The summed E-state index contributed by atoms with van der Waals surface area (Å²) in [5.41, 5.74) is 3.80. The van der Waals surface area contributed by atoms with Gasteiger partial charge in [0, 0.05) is 11.8 Å². The maximum Gasteiger partial charge on any atom is 0.325 e. The standard InChI is InChI=1S/C18H19N3O2/c1-3-23-16(22)12-19-18-17(14-7-5-4-6-8-14)20-15-11-13(2)9-10-21(15)18/h4-11,19H,3,12H2,1-2H3. The summed E-state index contributed by atoms with van der Waals surface area (Å²) in [4.78, 5) is 16.4. The lowest BCUT2D eigenvalue weighted by atomic mass is 10.1. The highest BCUT2D eigenvalue weighted by Crippen LogP contribution is 2.28. The molecule has 0 unspecified atom stereocenters. The third-order valence-electron chi connectivity index (χ3n) is 3.53. The van der Waals surface area contributed by atoms with E-state index < -0.39 is 0 Å². The summed E-state index contributed by atoms with van der Waals surface area (Å²) in [6.45, 7) is 4.31. The Bertz CT molecular complexity index is 825. The predicted octanol–water partition coefficient (Wildman–Crippen LogP) is 3.28. The number of aromatic nitrogens is 2. The number of nitrogens with one attached hydrogen (secondary N) is 1. The third kappa shape index (κ3) is 3.18. The van der Waals surface area contributed by atoms with E-state index in [-0.39, 0.29) is 12.5 Å². The Morgan fingerprint density at radius 1 is 1.26 bits per heavy atom. The van der Waals surface area contributed by atoms with Crippen LogP contribution in [0.1, 0.15) is 12.5 Å². The highest BCUT2D eigenvalue weighted by Gasteiger charge is 2.15. The second-order valence-electron chi connectivity index (χ2n) is 5.27. The van der Waals surface area contributed by atoms with E-state index in [9.17, 15) is 4.79 Å².